The third-order valence-electron chi connectivity index (χ3n) is 1.43. The average molecular weight is 162 g/mol. The molecule has 0 bridgehead atoms. The van der Waals surface area contributed by atoms with Gasteiger partial charge in [-0.2, -0.15) is 0 Å². The first-order valence-corrected chi connectivity index (χ1v) is 3.59. The minimum absolute atomic E-state index is 0.472. The Labute approximate surface area is 71.5 Å². The van der Waals surface area contributed by atoms with Crippen LogP contribution in [0.4, 0.5) is 0 Å². The van der Waals surface area contributed by atoms with Gasteiger partial charge < -0.3 is 5.11 Å². The van der Waals surface area contributed by atoms with Crippen molar-refractivity contribution in [3.8, 4) is 11.8 Å². The standard InChI is InChI=1S/C9H10N2O/c1-3-4-9(2,12)8-7-10-5-6-11-8/h5-7,12H,1-2H3. The summed E-state index contributed by atoms with van der Waals surface area (Å²) in [5, 5.41) is 9.71. The molecule has 62 valence electrons. The van der Waals surface area contributed by atoms with E-state index in [0.29, 0.717) is 5.69 Å². The van der Waals surface area contributed by atoms with Gasteiger partial charge in [0.2, 0.25) is 0 Å². The molecular formula is C9H10N2O. The van der Waals surface area contributed by atoms with Gasteiger partial charge in [-0.25, -0.2) is 0 Å². The quantitative estimate of drug-likeness (QED) is 0.618. The molecule has 3 nitrogen and oxygen atoms in total. The number of hydrogen-bond acceptors (Lipinski definition) is 3. The third-order valence-corrected chi connectivity index (χ3v) is 1.43. The van der Waals surface area contributed by atoms with Gasteiger partial charge in [-0.3, -0.25) is 9.97 Å². The fraction of sp³-hybridized carbons (Fsp3) is 0.333. The maximum atomic E-state index is 9.71. The van der Waals surface area contributed by atoms with E-state index in [0.717, 1.165) is 0 Å². The summed E-state index contributed by atoms with van der Waals surface area (Å²) in [5.41, 5.74) is -0.720. The van der Waals surface area contributed by atoms with Crippen LogP contribution in [0.1, 0.15) is 19.5 Å². The van der Waals surface area contributed by atoms with E-state index in [-0.39, 0.29) is 0 Å². The average Bonchev–Trinajstić information content (AvgIpc) is 2.06. The molecule has 1 atom stereocenters. The maximum absolute atomic E-state index is 9.71. The third kappa shape index (κ3) is 1.80. The van der Waals surface area contributed by atoms with Gasteiger partial charge in [-0.05, 0) is 13.8 Å². The van der Waals surface area contributed by atoms with Gasteiger partial charge in [0.05, 0.1) is 6.20 Å². The molecule has 3 heteroatoms. The first-order chi connectivity index (χ1) is 5.67. The van der Waals surface area contributed by atoms with Crippen LogP contribution < -0.4 is 0 Å². The van der Waals surface area contributed by atoms with E-state index < -0.39 is 5.60 Å². The molecule has 0 saturated heterocycles. The topological polar surface area (TPSA) is 46.0 Å². The van der Waals surface area contributed by atoms with Crippen molar-refractivity contribution in [2.75, 3.05) is 0 Å². The summed E-state index contributed by atoms with van der Waals surface area (Å²) in [7, 11) is 0. The highest BCUT2D eigenvalue weighted by molar-refractivity contribution is 5.21. The van der Waals surface area contributed by atoms with Gasteiger partial charge in [0.1, 0.15) is 5.69 Å². The summed E-state index contributed by atoms with van der Waals surface area (Å²) in [6.45, 7) is 3.26. The molecule has 0 aliphatic heterocycles. The lowest BCUT2D eigenvalue weighted by molar-refractivity contribution is 0.117. The van der Waals surface area contributed by atoms with E-state index in [1.807, 2.05) is 0 Å². The zero-order valence-electron chi connectivity index (χ0n) is 7.07. The van der Waals surface area contributed by atoms with Crippen molar-refractivity contribution in [1.29, 1.82) is 0 Å². The number of hydrogen-bond donors (Lipinski definition) is 1. The van der Waals surface area contributed by atoms with Gasteiger partial charge in [-0.15, -0.1) is 5.92 Å². The molecule has 0 spiro atoms. The summed E-state index contributed by atoms with van der Waals surface area (Å²) in [4.78, 5) is 7.80. The van der Waals surface area contributed by atoms with Crippen molar-refractivity contribution in [3.05, 3.63) is 24.3 Å². The molecule has 0 radical (unpaired) electrons. The van der Waals surface area contributed by atoms with E-state index in [1.54, 1.807) is 20.0 Å². The summed E-state index contributed by atoms with van der Waals surface area (Å²) in [6, 6.07) is 0. The lowest BCUT2D eigenvalue weighted by Crippen LogP contribution is -2.20. The Kier molecular flexibility index (Phi) is 2.41. The largest absolute Gasteiger partial charge is 0.372 e. The lowest BCUT2D eigenvalue weighted by Gasteiger charge is -2.13. The molecule has 0 amide bonds. The zero-order valence-corrected chi connectivity index (χ0v) is 7.07. The first-order valence-electron chi connectivity index (χ1n) is 3.59. The Morgan fingerprint density at radius 3 is 2.75 bits per heavy atom. The van der Waals surface area contributed by atoms with E-state index >= 15 is 0 Å². The van der Waals surface area contributed by atoms with Crippen LogP contribution >= 0.6 is 0 Å². The highest BCUT2D eigenvalue weighted by atomic mass is 16.3. The van der Waals surface area contributed by atoms with Gasteiger partial charge in [-0.1, -0.05) is 5.92 Å². The Morgan fingerprint density at radius 1 is 1.50 bits per heavy atom. The molecular weight excluding hydrogens is 152 g/mol. The van der Waals surface area contributed by atoms with Crippen LogP contribution in [0.25, 0.3) is 0 Å². The minimum atomic E-state index is -1.19. The Bertz CT molecular complexity index is 308. The fourth-order valence-corrected chi connectivity index (χ4v) is 0.858. The van der Waals surface area contributed by atoms with Crippen molar-refractivity contribution in [2.24, 2.45) is 0 Å². The van der Waals surface area contributed by atoms with Gasteiger partial charge >= 0.3 is 0 Å². The van der Waals surface area contributed by atoms with Crippen molar-refractivity contribution in [3.63, 3.8) is 0 Å². The van der Waals surface area contributed by atoms with Crippen LogP contribution in [0.5, 0.6) is 0 Å². The highest BCUT2D eigenvalue weighted by Crippen LogP contribution is 2.14. The molecule has 1 unspecified atom stereocenters. The second kappa shape index (κ2) is 3.33. The van der Waals surface area contributed by atoms with Crippen molar-refractivity contribution >= 4 is 0 Å². The maximum Gasteiger partial charge on any atom is 0.166 e. The highest BCUT2D eigenvalue weighted by Gasteiger charge is 2.21. The van der Waals surface area contributed by atoms with Crippen LogP contribution in [-0.2, 0) is 5.60 Å². The van der Waals surface area contributed by atoms with Crippen molar-refractivity contribution in [1.82, 2.24) is 9.97 Å². The smallest absolute Gasteiger partial charge is 0.166 e. The second-order valence-electron chi connectivity index (χ2n) is 2.54. The van der Waals surface area contributed by atoms with Crippen molar-refractivity contribution in [2.45, 2.75) is 19.4 Å². The first kappa shape index (κ1) is 8.69. The number of aliphatic hydroxyl groups is 1. The van der Waals surface area contributed by atoms with E-state index in [9.17, 15) is 5.11 Å². The van der Waals surface area contributed by atoms with Gasteiger partial charge in [0.25, 0.3) is 0 Å². The van der Waals surface area contributed by atoms with Gasteiger partial charge in [0.15, 0.2) is 5.60 Å². The van der Waals surface area contributed by atoms with Crippen LogP contribution in [-0.4, -0.2) is 15.1 Å². The van der Waals surface area contributed by atoms with Crippen LogP contribution in [0, 0.1) is 11.8 Å². The van der Waals surface area contributed by atoms with E-state index in [2.05, 4.69) is 21.8 Å². The lowest BCUT2D eigenvalue weighted by atomic mass is 10.0. The van der Waals surface area contributed by atoms with Crippen molar-refractivity contribution < 1.29 is 5.11 Å². The molecule has 0 fully saturated rings. The van der Waals surface area contributed by atoms with Gasteiger partial charge in [0, 0.05) is 12.4 Å². The van der Waals surface area contributed by atoms with Crippen LogP contribution in [0.15, 0.2) is 18.6 Å². The molecule has 12 heavy (non-hydrogen) atoms. The zero-order chi connectivity index (χ0) is 9.03. The normalized spacial score (nSPS) is 14.2. The number of nitrogens with zero attached hydrogens (tertiary/aromatic N) is 2. The van der Waals surface area contributed by atoms with Crippen LogP contribution in [0.2, 0.25) is 0 Å². The fourth-order valence-electron chi connectivity index (χ4n) is 0.858. The minimum Gasteiger partial charge on any atom is -0.372 e. The molecule has 0 saturated carbocycles. The summed E-state index contributed by atoms with van der Waals surface area (Å²) < 4.78 is 0. The molecule has 0 aliphatic carbocycles. The predicted molar refractivity (Wildman–Crippen MR) is 45.1 cm³/mol. The Hall–Kier alpha value is -1.40. The molecule has 0 aromatic carbocycles. The molecule has 1 aromatic heterocycles. The second-order valence-corrected chi connectivity index (χ2v) is 2.54. The van der Waals surface area contributed by atoms with Crippen LogP contribution in [0.3, 0.4) is 0 Å². The van der Waals surface area contributed by atoms with E-state index in [4.69, 9.17) is 0 Å². The number of rotatable bonds is 1. The Balaban J connectivity index is 3.03. The number of aromatic nitrogens is 2. The summed E-state index contributed by atoms with van der Waals surface area (Å²) in [5.74, 6) is 5.28. The summed E-state index contributed by atoms with van der Waals surface area (Å²) >= 11 is 0. The molecule has 1 N–H and O–H groups in total. The monoisotopic (exact) mass is 162 g/mol. The summed E-state index contributed by atoms with van der Waals surface area (Å²) in [6.07, 6.45) is 4.59. The molecule has 0 aliphatic rings. The van der Waals surface area contributed by atoms with E-state index in [1.165, 1.54) is 12.4 Å². The SMILES string of the molecule is CC#CC(C)(O)c1cnccn1. The Morgan fingerprint density at radius 2 is 2.25 bits per heavy atom. The predicted octanol–water partition coefficient (Wildman–Crippen LogP) is 0.707. The molecule has 1 rings (SSSR count). The molecule has 1 aromatic rings. The molecule has 1 heterocycles.